The van der Waals surface area contributed by atoms with Crippen LogP contribution in [0.1, 0.15) is 52.4 Å². The first kappa shape index (κ1) is 14.0. The molecule has 0 radical (unpaired) electrons. The highest BCUT2D eigenvalue weighted by Crippen LogP contribution is 2.22. The van der Waals surface area contributed by atoms with E-state index in [1.165, 1.54) is 58.2 Å². The summed E-state index contributed by atoms with van der Waals surface area (Å²) in [4.78, 5) is 2.64. The first-order valence-electron chi connectivity index (χ1n) is 7.22. The largest absolute Gasteiger partial charge is 0.330 e. The van der Waals surface area contributed by atoms with E-state index in [4.69, 9.17) is 5.73 Å². The molecule has 1 aliphatic rings. The molecule has 1 rings (SSSR count). The lowest BCUT2D eigenvalue weighted by Gasteiger charge is -2.34. The molecule has 0 aromatic rings. The van der Waals surface area contributed by atoms with E-state index in [0.717, 1.165) is 18.4 Å². The molecular weight excluding hydrogens is 196 g/mol. The van der Waals surface area contributed by atoms with Gasteiger partial charge >= 0.3 is 0 Å². The number of nitrogens with two attached hydrogens (primary N) is 1. The third-order valence-corrected chi connectivity index (χ3v) is 3.95. The summed E-state index contributed by atoms with van der Waals surface area (Å²) < 4.78 is 0. The molecule has 1 unspecified atom stereocenters. The second kappa shape index (κ2) is 8.08. The Hall–Kier alpha value is -0.0800. The maximum absolute atomic E-state index is 5.82. The van der Waals surface area contributed by atoms with Gasteiger partial charge in [-0.1, -0.05) is 33.1 Å². The van der Waals surface area contributed by atoms with Gasteiger partial charge in [-0.25, -0.2) is 0 Å². The smallest absolute Gasteiger partial charge is 0.00217 e. The van der Waals surface area contributed by atoms with E-state index >= 15 is 0 Å². The molecule has 0 amide bonds. The van der Waals surface area contributed by atoms with Crippen LogP contribution in [0.15, 0.2) is 0 Å². The maximum Gasteiger partial charge on any atom is 0.00217 e. The molecule has 16 heavy (non-hydrogen) atoms. The van der Waals surface area contributed by atoms with Crippen molar-refractivity contribution in [1.29, 1.82) is 0 Å². The van der Waals surface area contributed by atoms with E-state index < -0.39 is 0 Å². The highest BCUT2D eigenvalue weighted by atomic mass is 15.1. The second-order valence-electron chi connectivity index (χ2n) is 5.42. The van der Waals surface area contributed by atoms with E-state index in [0.29, 0.717) is 0 Å². The number of hydrogen-bond donors (Lipinski definition) is 1. The molecule has 1 heterocycles. The van der Waals surface area contributed by atoms with Crippen LogP contribution in [0, 0.1) is 11.8 Å². The van der Waals surface area contributed by atoms with Crippen molar-refractivity contribution in [2.75, 3.05) is 26.2 Å². The van der Waals surface area contributed by atoms with Crippen molar-refractivity contribution in [2.45, 2.75) is 52.4 Å². The van der Waals surface area contributed by atoms with Crippen molar-refractivity contribution >= 4 is 0 Å². The molecule has 96 valence electrons. The summed E-state index contributed by atoms with van der Waals surface area (Å²) in [6, 6.07) is 0. The molecule has 0 aliphatic carbocycles. The van der Waals surface area contributed by atoms with E-state index in [-0.39, 0.29) is 0 Å². The fourth-order valence-electron chi connectivity index (χ4n) is 2.92. The number of piperidine rings is 1. The Morgan fingerprint density at radius 1 is 1.19 bits per heavy atom. The highest BCUT2D eigenvalue weighted by molar-refractivity contribution is 4.74. The maximum atomic E-state index is 5.82. The molecule has 1 aliphatic heterocycles. The quantitative estimate of drug-likeness (QED) is 0.723. The first-order valence-corrected chi connectivity index (χ1v) is 7.22. The SMILES string of the molecule is CCCC1CCN(CC(CN)CCC)CC1. The molecule has 2 heteroatoms. The van der Waals surface area contributed by atoms with Crippen LogP contribution in [0.25, 0.3) is 0 Å². The van der Waals surface area contributed by atoms with Gasteiger partial charge in [0, 0.05) is 6.54 Å². The summed E-state index contributed by atoms with van der Waals surface area (Å²) in [6.07, 6.45) is 8.18. The number of likely N-dealkylation sites (tertiary alicyclic amines) is 1. The molecular formula is C14H30N2. The molecule has 1 fully saturated rings. The lowest BCUT2D eigenvalue weighted by molar-refractivity contribution is 0.154. The van der Waals surface area contributed by atoms with E-state index in [9.17, 15) is 0 Å². The summed E-state index contributed by atoms with van der Waals surface area (Å²) in [5.41, 5.74) is 5.82. The van der Waals surface area contributed by atoms with Crippen LogP contribution >= 0.6 is 0 Å². The molecule has 0 bridgehead atoms. The van der Waals surface area contributed by atoms with Crippen LogP contribution in [-0.4, -0.2) is 31.1 Å². The Morgan fingerprint density at radius 3 is 2.38 bits per heavy atom. The zero-order valence-corrected chi connectivity index (χ0v) is 11.3. The molecule has 1 saturated heterocycles. The van der Waals surface area contributed by atoms with Crippen molar-refractivity contribution in [3.63, 3.8) is 0 Å². The van der Waals surface area contributed by atoms with Crippen molar-refractivity contribution in [2.24, 2.45) is 17.6 Å². The molecule has 0 saturated carbocycles. The van der Waals surface area contributed by atoms with Gasteiger partial charge in [0.15, 0.2) is 0 Å². The molecule has 0 spiro atoms. The normalized spacial score (nSPS) is 21.2. The summed E-state index contributed by atoms with van der Waals surface area (Å²) in [5.74, 6) is 1.73. The summed E-state index contributed by atoms with van der Waals surface area (Å²) in [7, 11) is 0. The zero-order valence-electron chi connectivity index (χ0n) is 11.3. The van der Waals surface area contributed by atoms with Gasteiger partial charge in [-0.15, -0.1) is 0 Å². The molecule has 0 aromatic carbocycles. The second-order valence-corrected chi connectivity index (χ2v) is 5.42. The topological polar surface area (TPSA) is 29.3 Å². The predicted octanol–water partition coefficient (Wildman–Crippen LogP) is 2.87. The van der Waals surface area contributed by atoms with Crippen molar-refractivity contribution in [3.05, 3.63) is 0 Å². The third-order valence-electron chi connectivity index (χ3n) is 3.95. The Morgan fingerprint density at radius 2 is 1.88 bits per heavy atom. The van der Waals surface area contributed by atoms with Crippen molar-refractivity contribution in [1.82, 2.24) is 4.90 Å². The van der Waals surface area contributed by atoms with Crippen molar-refractivity contribution in [3.8, 4) is 0 Å². The number of hydrogen-bond acceptors (Lipinski definition) is 2. The van der Waals surface area contributed by atoms with Gasteiger partial charge < -0.3 is 10.6 Å². The molecule has 2 N–H and O–H groups in total. The van der Waals surface area contributed by atoms with Crippen LogP contribution < -0.4 is 5.73 Å². The monoisotopic (exact) mass is 226 g/mol. The van der Waals surface area contributed by atoms with Gasteiger partial charge in [0.05, 0.1) is 0 Å². The van der Waals surface area contributed by atoms with Crippen LogP contribution in [0.2, 0.25) is 0 Å². The standard InChI is InChI=1S/C14H30N2/c1-3-5-13-7-9-16(10-8-13)12-14(11-15)6-4-2/h13-14H,3-12,15H2,1-2H3. The first-order chi connectivity index (χ1) is 7.80. The minimum absolute atomic E-state index is 0.729. The number of rotatable bonds is 7. The Kier molecular flexibility index (Phi) is 7.06. The van der Waals surface area contributed by atoms with Gasteiger partial charge in [-0.3, -0.25) is 0 Å². The molecule has 2 nitrogen and oxygen atoms in total. The van der Waals surface area contributed by atoms with Gasteiger partial charge in [-0.2, -0.15) is 0 Å². The van der Waals surface area contributed by atoms with Gasteiger partial charge in [0.2, 0.25) is 0 Å². The highest BCUT2D eigenvalue weighted by Gasteiger charge is 2.20. The Labute approximate surface area is 102 Å². The molecule has 0 aromatic heterocycles. The Bertz CT molecular complexity index is 162. The van der Waals surface area contributed by atoms with Gasteiger partial charge in [0.25, 0.3) is 0 Å². The summed E-state index contributed by atoms with van der Waals surface area (Å²) in [5, 5.41) is 0. The lowest BCUT2D eigenvalue weighted by Crippen LogP contribution is -2.38. The minimum atomic E-state index is 0.729. The van der Waals surface area contributed by atoms with E-state index in [2.05, 4.69) is 18.7 Å². The van der Waals surface area contributed by atoms with Crippen molar-refractivity contribution < 1.29 is 0 Å². The summed E-state index contributed by atoms with van der Waals surface area (Å²) in [6.45, 7) is 9.29. The zero-order chi connectivity index (χ0) is 11.8. The predicted molar refractivity (Wildman–Crippen MR) is 71.5 cm³/mol. The minimum Gasteiger partial charge on any atom is -0.330 e. The van der Waals surface area contributed by atoms with Gasteiger partial charge in [0.1, 0.15) is 0 Å². The summed E-state index contributed by atoms with van der Waals surface area (Å²) >= 11 is 0. The fraction of sp³-hybridized carbons (Fsp3) is 1.00. The average Bonchev–Trinajstić information content (AvgIpc) is 2.31. The third kappa shape index (κ3) is 4.84. The Balaban J connectivity index is 2.20. The van der Waals surface area contributed by atoms with Crippen LogP contribution in [0.3, 0.4) is 0 Å². The van der Waals surface area contributed by atoms with E-state index in [1.54, 1.807) is 0 Å². The van der Waals surface area contributed by atoms with Crippen LogP contribution in [0.4, 0.5) is 0 Å². The number of nitrogens with zero attached hydrogens (tertiary/aromatic N) is 1. The van der Waals surface area contributed by atoms with Crippen LogP contribution in [-0.2, 0) is 0 Å². The average molecular weight is 226 g/mol. The lowest BCUT2D eigenvalue weighted by atomic mass is 9.91. The van der Waals surface area contributed by atoms with Crippen LogP contribution in [0.5, 0.6) is 0 Å². The van der Waals surface area contributed by atoms with Gasteiger partial charge in [-0.05, 0) is 50.7 Å². The fourth-order valence-corrected chi connectivity index (χ4v) is 2.92. The van der Waals surface area contributed by atoms with E-state index in [1.807, 2.05) is 0 Å². The molecule has 1 atom stereocenters.